The Kier molecular flexibility index (Phi) is 3.76. The van der Waals surface area contributed by atoms with Gasteiger partial charge in [-0.1, -0.05) is 18.6 Å². The molecule has 2 atom stereocenters. The van der Waals surface area contributed by atoms with Gasteiger partial charge in [-0.15, -0.1) is 0 Å². The van der Waals surface area contributed by atoms with Crippen LogP contribution in [0.1, 0.15) is 26.2 Å². The molecule has 0 amide bonds. The third kappa shape index (κ3) is 2.08. The maximum absolute atomic E-state index is 9.07. The fraction of sp³-hybridized carbons (Fsp3) is 0.800. The average molecular weight is 170 g/mol. The minimum atomic E-state index is 0.207. The lowest BCUT2D eigenvalue weighted by atomic mass is 9.80. The largest absolute Gasteiger partial charge is 0.396 e. The van der Waals surface area contributed by atoms with Gasteiger partial charge in [0.15, 0.2) is 0 Å². The van der Waals surface area contributed by atoms with E-state index in [0.717, 1.165) is 19.3 Å². The summed E-state index contributed by atoms with van der Waals surface area (Å²) < 4.78 is 0. The highest BCUT2D eigenvalue weighted by Gasteiger charge is 2.23. The molecule has 70 valence electrons. The van der Waals surface area contributed by atoms with Crippen LogP contribution in [0.15, 0.2) is 11.6 Å². The van der Waals surface area contributed by atoms with E-state index in [1.165, 1.54) is 5.57 Å². The van der Waals surface area contributed by atoms with Crippen LogP contribution in [-0.4, -0.2) is 23.4 Å². The van der Waals surface area contributed by atoms with Gasteiger partial charge in [0.2, 0.25) is 0 Å². The van der Waals surface area contributed by atoms with E-state index >= 15 is 0 Å². The average Bonchev–Trinajstić information content (AvgIpc) is 2.16. The van der Waals surface area contributed by atoms with Gasteiger partial charge in [0.1, 0.15) is 0 Å². The fourth-order valence-corrected chi connectivity index (χ4v) is 1.82. The lowest BCUT2D eigenvalue weighted by molar-refractivity contribution is 0.115. The molecule has 2 N–H and O–H groups in total. The van der Waals surface area contributed by atoms with Gasteiger partial charge in [-0.05, 0) is 31.1 Å². The predicted molar refractivity (Wildman–Crippen MR) is 48.8 cm³/mol. The summed E-state index contributed by atoms with van der Waals surface area (Å²) in [5, 5.41) is 18.1. The molecule has 0 heterocycles. The standard InChI is InChI=1S/C10H18O2/c1-2-8-3-4-9(6-11)10(5-8)7-12/h3,9-12H,2,4-7H2,1H3. The molecule has 0 aromatic heterocycles. The molecule has 12 heavy (non-hydrogen) atoms. The van der Waals surface area contributed by atoms with Gasteiger partial charge < -0.3 is 10.2 Å². The van der Waals surface area contributed by atoms with Gasteiger partial charge in [0, 0.05) is 13.2 Å². The van der Waals surface area contributed by atoms with Crippen LogP contribution in [0.25, 0.3) is 0 Å². The van der Waals surface area contributed by atoms with Gasteiger partial charge in [0.25, 0.3) is 0 Å². The maximum atomic E-state index is 9.07. The summed E-state index contributed by atoms with van der Waals surface area (Å²) in [5.41, 5.74) is 1.43. The second-order valence-corrected chi connectivity index (χ2v) is 3.54. The van der Waals surface area contributed by atoms with E-state index < -0.39 is 0 Å². The third-order valence-electron chi connectivity index (χ3n) is 2.82. The zero-order valence-electron chi connectivity index (χ0n) is 7.66. The molecule has 0 aromatic rings. The van der Waals surface area contributed by atoms with Crippen molar-refractivity contribution in [2.75, 3.05) is 13.2 Å². The van der Waals surface area contributed by atoms with Gasteiger partial charge in [0.05, 0.1) is 0 Å². The van der Waals surface area contributed by atoms with Crippen molar-refractivity contribution < 1.29 is 10.2 Å². The van der Waals surface area contributed by atoms with Crippen LogP contribution < -0.4 is 0 Å². The number of aliphatic hydroxyl groups excluding tert-OH is 2. The van der Waals surface area contributed by atoms with Crippen molar-refractivity contribution in [1.29, 1.82) is 0 Å². The Morgan fingerprint density at radius 3 is 2.50 bits per heavy atom. The van der Waals surface area contributed by atoms with E-state index in [1.807, 2.05) is 0 Å². The molecule has 1 aliphatic rings. The van der Waals surface area contributed by atoms with Crippen molar-refractivity contribution in [3.63, 3.8) is 0 Å². The number of aliphatic hydroxyl groups is 2. The summed E-state index contributed by atoms with van der Waals surface area (Å²) in [6.45, 7) is 2.56. The first-order chi connectivity index (χ1) is 5.81. The highest BCUT2D eigenvalue weighted by atomic mass is 16.3. The van der Waals surface area contributed by atoms with Crippen molar-refractivity contribution >= 4 is 0 Å². The molecule has 0 spiro atoms. The highest BCUT2D eigenvalue weighted by Crippen LogP contribution is 2.30. The van der Waals surface area contributed by atoms with E-state index in [4.69, 9.17) is 10.2 Å². The van der Waals surface area contributed by atoms with Crippen LogP contribution in [-0.2, 0) is 0 Å². The van der Waals surface area contributed by atoms with Crippen LogP contribution in [0.5, 0.6) is 0 Å². The van der Waals surface area contributed by atoms with E-state index in [-0.39, 0.29) is 25.0 Å². The molecule has 2 unspecified atom stereocenters. The second kappa shape index (κ2) is 4.63. The van der Waals surface area contributed by atoms with E-state index in [2.05, 4.69) is 13.0 Å². The quantitative estimate of drug-likeness (QED) is 0.627. The molecule has 0 aliphatic heterocycles. The van der Waals surface area contributed by atoms with Crippen LogP contribution in [0.2, 0.25) is 0 Å². The molecule has 2 heteroatoms. The van der Waals surface area contributed by atoms with Crippen molar-refractivity contribution in [2.24, 2.45) is 11.8 Å². The number of hydrogen-bond donors (Lipinski definition) is 2. The first kappa shape index (κ1) is 9.75. The monoisotopic (exact) mass is 170 g/mol. The molecule has 2 nitrogen and oxygen atoms in total. The summed E-state index contributed by atoms with van der Waals surface area (Å²) in [4.78, 5) is 0. The molecule has 1 aliphatic carbocycles. The Hall–Kier alpha value is -0.340. The Bertz CT molecular complexity index is 163. The molecule has 0 fully saturated rings. The number of hydrogen-bond acceptors (Lipinski definition) is 2. The first-order valence-electron chi connectivity index (χ1n) is 4.71. The van der Waals surface area contributed by atoms with Gasteiger partial charge in [-0.2, -0.15) is 0 Å². The topological polar surface area (TPSA) is 40.5 Å². The lowest BCUT2D eigenvalue weighted by Crippen LogP contribution is -2.25. The van der Waals surface area contributed by atoms with Crippen LogP contribution in [0.4, 0.5) is 0 Å². The van der Waals surface area contributed by atoms with Crippen LogP contribution >= 0.6 is 0 Å². The fourth-order valence-electron chi connectivity index (χ4n) is 1.82. The van der Waals surface area contributed by atoms with E-state index in [0.29, 0.717) is 0 Å². The van der Waals surface area contributed by atoms with Crippen molar-refractivity contribution in [3.05, 3.63) is 11.6 Å². The highest BCUT2D eigenvalue weighted by molar-refractivity contribution is 5.08. The Labute approximate surface area is 73.9 Å². The summed E-state index contributed by atoms with van der Waals surface area (Å²) in [6.07, 6.45) is 5.20. The zero-order valence-corrected chi connectivity index (χ0v) is 7.66. The van der Waals surface area contributed by atoms with Crippen molar-refractivity contribution in [2.45, 2.75) is 26.2 Å². The van der Waals surface area contributed by atoms with E-state index in [9.17, 15) is 0 Å². The van der Waals surface area contributed by atoms with Crippen molar-refractivity contribution in [1.82, 2.24) is 0 Å². The minimum absolute atomic E-state index is 0.207. The lowest BCUT2D eigenvalue weighted by Gasteiger charge is -2.28. The Morgan fingerprint density at radius 2 is 2.00 bits per heavy atom. The Balaban J connectivity index is 2.56. The predicted octanol–water partition coefficient (Wildman–Crippen LogP) is 1.33. The second-order valence-electron chi connectivity index (χ2n) is 3.54. The normalized spacial score (nSPS) is 30.1. The SMILES string of the molecule is CCC1=CCC(CO)C(CO)C1. The molecule has 0 saturated carbocycles. The van der Waals surface area contributed by atoms with Crippen LogP contribution in [0, 0.1) is 11.8 Å². The summed E-state index contributed by atoms with van der Waals surface area (Å²) >= 11 is 0. The molecule has 0 aromatic carbocycles. The maximum Gasteiger partial charge on any atom is 0.0465 e. The number of rotatable bonds is 3. The molecule has 1 rings (SSSR count). The first-order valence-corrected chi connectivity index (χ1v) is 4.71. The number of allylic oxidation sites excluding steroid dienone is 2. The molecule has 0 radical (unpaired) electrons. The third-order valence-corrected chi connectivity index (χ3v) is 2.82. The molecular formula is C10H18O2. The molecule has 0 bridgehead atoms. The summed E-state index contributed by atoms with van der Waals surface area (Å²) in [6, 6.07) is 0. The molecular weight excluding hydrogens is 152 g/mol. The Morgan fingerprint density at radius 1 is 1.33 bits per heavy atom. The van der Waals surface area contributed by atoms with Gasteiger partial charge >= 0.3 is 0 Å². The summed E-state index contributed by atoms with van der Waals surface area (Å²) in [5.74, 6) is 0.570. The minimum Gasteiger partial charge on any atom is -0.396 e. The van der Waals surface area contributed by atoms with Gasteiger partial charge in [-0.25, -0.2) is 0 Å². The summed E-state index contributed by atoms with van der Waals surface area (Å²) in [7, 11) is 0. The molecule has 0 saturated heterocycles. The van der Waals surface area contributed by atoms with Crippen LogP contribution in [0.3, 0.4) is 0 Å². The van der Waals surface area contributed by atoms with Gasteiger partial charge in [-0.3, -0.25) is 0 Å². The smallest absolute Gasteiger partial charge is 0.0465 e. The van der Waals surface area contributed by atoms with E-state index in [1.54, 1.807) is 0 Å². The zero-order chi connectivity index (χ0) is 8.97. The van der Waals surface area contributed by atoms with Crippen molar-refractivity contribution in [3.8, 4) is 0 Å².